The first kappa shape index (κ1) is 35.9. The molecular weight excluding hydrogens is 708 g/mol. The number of rotatable bonds is 10. The van der Waals surface area contributed by atoms with Crippen molar-refractivity contribution in [2.45, 2.75) is 12.8 Å². The number of carbonyl (C=O) groups excluding carboxylic acids is 1. The van der Waals surface area contributed by atoms with Crippen LogP contribution in [0.1, 0.15) is 39.9 Å². The molecule has 2 heterocycles. The van der Waals surface area contributed by atoms with Crippen molar-refractivity contribution in [3.8, 4) is 23.0 Å². The summed E-state index contributed by atoms with van der Waals surface area (Å²) in [7, 11) is 5.51. The number of ketones is 1. The number of nitrogens with zero attached hydrogens (tertiary/aromatic N) is 4. The number of benzene rings is 4. The fourth-order valence-corrected chi connectivity index (χ4v) is 5.94. The van der Waals surface area contributed by atoms with Gasteiger partial charge >= 0.3 is 0 Å². The second kappa shape index (κ2) is 14.0. The Bertz CT molecular complexity index is 2050. The number of halogens is 8. The van der Waals surface area contributed by atoms with Crippen LogP contribution in [0.3, 0.4) is 0 Å². The topological polar surface area (TPSA) is 85.2 Å². The Kier molecular flexibility index (Phi) is 9.70. The van der Waals surface area contributed by atoms with Gasteiger partial charge in [0.25, 0.3) is 0 Å². The van der Waals surface area contributed by atoms with Crippen LogP contribution in [0.5, 0.6) is 23.0 Å². The second-order valence-corrected chi connectivity index (χ2v) is 11.3. The normalized spacial score (nSPS) is 14.1. The van der Waals surface area contributed by atoms with Crippen molar-refractivity contribution in [1.29, 1.82) is 0 Å². The van der Waals surface area contributed by atoms with E-state index >= 15 is 17.6 Å². The molecule has 0 radical (unpaired) electrons. The maximum Gasteiger partial charge on any atom is 0.203 e. The first-order valence-corrected chi connectivity index (χ1v) is 15.3. The number of ether oxygens (including phenoxy) is 4. The zero-order valence-corrected chi connectivity index (χ0v) is 27.6. The summed E-state index contributed by atoms with van der Waals surface area (Å²) in [5.74, 6) is -19.3. The van der Waals surface area contributed by atoms with Gasteiger partial charge in [-0.3, -0.25) is 14.8 Å². The van der Waals surface area contributed by atoms with Crippen LogP contribution < -0.4 is 29.0 Å². The maximum atomic E-state index is 15.7. The van der Waals surface area contributed by atoms with Gasteiger partial charge in [-0.25, -0.2) is 35.1 Å². The zero-order chi connectivity index (χ0) is 37.6. The first-order valence-electron chi connectivity index (χ1n) is 15.3. The number of hydrogen-bond donors (Lipinski definition) is 0. The molecule has 0 aromatic heterocycles. The van der Waals surface area contributed by atoms with E-state index in [1.165, 1.54) is 64.8 Å². The third-order valence-electron chi connectivity index (χ3n) is 8.49. The summed E-state index contributed by atoms with van der Waals surface area (Å²) in [5, 5.41) is 9.57. The van der Waals surface area contributed by atoms with E-state index in [-0.39, 0.29) is 48.9 Å². The molecule has 0 amide bonds. The highest BCUT2D eigenvalue weighted by atomic mass is 19.2. The number of anilines is 2. The highest BCUT2D eigenvalue weighted by molar-refractivity contribution is 6.16. The number of hydrogen-bond acceptors (Lipinski definition) is 9. The van der Waals surface area contributed by atoms with E-state index in [2.05, 4.69) is 10.2 Å². The zero-order valence-electron chi connectivity index (χ0n) is 27.6. The van der Waals surface area contributed by atoms with Crippen molar-refractivity contribution >= 4 is 28.6 Å². The van der Waals surface area contributed by atoms with Crippen LogP contribution in [0.2, 0.25) is 0 Å². The van der Waals surface area contributed by atoms with Crippen molar-refractivity contribution in [2.75, 3.05) is 51.5 Å². The molecule has 9 nitrogen and oxygen atoms in total. The summed E-state index contributed by atoms with van der Waals surface area (Å²) in [6.45, 7) is -0.698. The average molecular weight is 735 g/mol. The fourth-order valence-electron chi connectivity index (χ4n) is 5.94. The largest absolute Gasteiger partial charge is 0.493 e. The van der Waals surface area contributed by atoms with Crippen LogP contribution in [0.25, 0.3) is 0 Å². The van der Waals surface area contributed by atoms with Gasteiger partial charge in [-0.1, -0.05) is 0 Å². The molecule has 0 spiro atoms. The van der Waals surface area contributed by atoms with E-state index in [0.717, 1.165) is 0 Å². The van der Waals surface area contributed by atoms with Crippen molar-refractivity contribution in [3.63, 3.8) is 0 Å². The molecule has 4 aromatic rings. The van der Waals surface area contributed by atoms with E-state index in [1.54, 1.807) is 0 Å². The monoisotopic (exact) mass is 734 g/mol. The van der Waals surface area contributed by atoms with Gasteiger partial charge < -0.3 is 18.9 Å². The summed E-state index contributed by atoms with van der Waals surface area (Å²) >= 11 is 0. The van der Waals surface area contributed by atoms with Gasteiger partial charge in [0.2, 0.25) is 5.78 Å². The molecule has 0 fully saturated rings. The van der Waals surface area contributed by atoms with Crippen LogP contribution in [0.4, 0.5) is 46.5 Å². The number of methoxy groups -OCH3 is 4. The van der Waals surface area contributed by atoms with Crippen molar-refractivity contribution < 1.29 is 58.9 Å². The lowest BCUT2D eigenvalue weighted by atomic mass is 9.96. The number of carbonyl (C=O) groups is 1. The molecule has 0 saturated heterocycles. The minimum atomic E-state index is -2.48. The Balaban J connectivity index is 1.50. The predicted molar refractivity (Wildman–Crippen MR) is 172 cm³/mol. The third-order valence-corrected chi connectivity index (χ3v) is 8.49. The van der Waals surface area contributed by atoms with Gasteiger partial charge in [-0.15, -0.1) is 0 Å². The Morgan fingerprint density at radius 1 is 0.519 bits per heavy atom. The summed E-state index contributed by atoms with van der Waals surface area (Å²) in [4.78, 5) is 14.1. The van der Waals surface area contributed by atoms with E-state index in [9.17, 15) is 22.4 Å². The molecule has 4 aromatic carbocycles. The molecule has 2 aliphatic heterocycles. The molecule has 0 N–H and O–H groups in total. The molecule has 272 valence electrons. The quantitative estimate of drug-likeness (QED) is 0.0733. The van der Waals surface area contributed by atoms with Gasteiger partial charge in [0.1, 0.15) is 11.4 Å². The molecule has 0 aliphatic carbocycles. The predicted octanol–water partition coefficient (Wildman–Crippen LogP) is 7.29. The van der Waals surface area contributed by atoms with Crippen molar-refractivity contribution in [2.24, 2.45) is 10.2 Å². The summed E-state index contributed by atoms with van der Waals surface area (Å²) in [6.07, 6.45) is -0.0476. The molecule has 0 unspecified atom stereocenters. The Morgan fingerprint density at radius 2 is 0.865 bits per heavy atom. The van der Waals surface area contributed by atoms with E-state index in [0.29, 0.717) is 32.6 Å². The van der Waals surface area contributed by atoms with Crippen LogP contribution >= 0.6 is 0 Å². The minimum absolute atomic E-state index is 0.0238. The second-order valence-electron chi connectivity index (χ2n) is 11.3. The summed E-state index contributed by atoms with van der Waals surface area (Å²) in [5.41, 5.74) is -4.81. The highest BCUT2D eigenvalue weighted by Gasteiger charge is 2.40. The fraction of sp³-hybridized carbons (Fsp3) is 0.229. The Morgan fingerprint density at radius 3 is 1.21 bits per heavy atom. The smallest absolute Gasteiger partial charge is 0.203 e. The molecule has 6 rings (SSSR count). The molecule has 0 atom stereocenters. The molecular formula is C35H26F8N4O5. The third kappa shape index (κ3) is 5.88. The minimum Gasteiger partial charge on any atom is -0.493 e. The van der Waals surface area contributed by atoms with Crippen LogP contribution in [0.15, 0.2) is 46.6 Å². The van der Waals surface area contributed by atoms with E-state index < -0.39 is 74.8 Å². The highest BCUT2D eigenvalue weighted by Crippen LogP contribution is 2.41. The van der Waals surface area contributed by atoms with Crippen LogP contribution in [0, 0.1) is 46.5 Å². The molecule has 52 heavy (non-hydrogen) atoms. The van der Waals surface area contributed by atoms with Gasteiger partial charge in [0.05, 0.1) is 51.0 Å². The lowest BCUT2D eigenvalue weighted by Gasteiger charge is -2.23. The Labute approximate surface area is 290 Å². The SMILES string of the molecule is COc1ccc(C2=NN(c3c(F)c(F)c(F)c(F)c3C(=O)c3c(F)c(F)c(F)c(F)c3N3CCC(c4ccc(OC)c(OC)c4)=N3)CC2)cc1OC. The van der Waals surface area contributed by atoms with Gasteiger partial charge in [0, 0.05) is 37.1 Å². The maximum absolute atomic E-state index is 15.7. The average Bonchev–Trinajstić information content (AvgIpc) is 3.86. The van der Waals surface area contributed by atoms with Gasteiger partial charge in [-0.05, 0) is 36.4 Å². The van der Waals surface area contributed by atoms with Crippen LogP contribution in [-0.4, -0.2) is 58.7 Å². The summed E-state index contributed by atoms with van der Waals surface area (Å²) < 4.78 is 143. The van der Waals surface area contributed by atoms with Crippen LogP contribution in [-0.2, 0) is 0 Å². The van der Waals surface area contributed by atoms with Gasteiger partial charge in [0.15, 0.2) is 69.5 Å². The Hall–Kier alpha value is -5.87. The lowest BCUT2D eigenvalue weighted by Crippen LogP contribution is -2.25. The summed E-state index contributed by atoms with van der Waals surface area (Å²) in [6, 6.07) is 9.10. The van der Waals surface area contributed by atoms with E-state index in [1.807, 2.05) is 0 Å². The molecule has 17 heteroatoms. The lowest BCUT2D eigenvalue weighted by molar-refractivity contribution is 0.102. The van der Waals surface area contributed by atoms with Gasteiger partial charge in [-0.2, -0.15) is 10.2 Å². The molecule has 0 saturated carbocycles. The van der Waals surface area contributed by atoms with Crippen molar-refractivity contribution in [1.82, 2.24) is 0 Å². The number of hydrazone groups is 2. The molecule has 0 bridgehead atoms. The van der Waals surface area contributed by atoms with Crippen molar-refractivity contribution in [3.05, 3.63) is 105 Å². The van der Waals surface area contributed by atoms with E-state index in [4.69, 9.17) is 18.9 Å². The first-order chi connectivity index (χ1) is 24.9. The standard InChI is InChI=1S/C35H26F8N4O5/c1-49-19-7-5-15(13-21(19)51-3)17-9-11-46(44-17)33-23(25(36)27(38)29(40)31(33)42)35(48)24-26(37)28(39)30(41)32(43)34(24)47-12-10-18(45-47)16-6-8-20(50-2)22(14-16)52-4/h5-8,13-14H,9-12H2,1-4H3. The molecule has 2 aliphatic rings.